The van der Waals surface area contributed by atoms with Gasteiger partial charge in [-0.3, -0.25) is 20.2 Å². The number of hydrogen-bond donors (Lipinski definition) is 0. The van der Waals surface area contributed by atoms with Gasteiger partial charge in [-0.15, -0.1) is 10.2 Å². The first kappa shape index (κ1) is 14.1. The van der Waals surface area contributed by atoms with E-state index in [1.807, 2.05) is 0 Å². The van der Waals surface area contributed by atoms with Crippen molar-refractivity contribution in [1.29, 1.82) is 0 Å². The fourth-order valence-corrected chi connectivity index (χ4v) is 2.67. The number of thiazole rings is 2. The Bertz CT molecular complexity index is 660. The minimum atomic E-state index is -0.551. The molecule has 2 aromatic heterocycles. The van der Waals surface area contributed by atoms with Gasteiger partial charge in [0.25, 0.3) is 0 Å². The Labute approximate surface area is 119 Å². The second kappa shape index (κ2) is 5.34. The summed E-state index contributed by atoms with van der Waals surface area (Å²) in [6.07, 6.45) is 0. The first-order chi connectivity index (χ1) is 9.38. The number of aromatic nitrogens is 2. The van der Waals surface area contributed by atoms with Crippen LogP contribution in [0.15, 0.2) is 10.2 Å². The van der Waals surface area contributed by atoms with E-state index in [9.17, 15) is 20.2 Å². The molecule has 0 spiro atoms. The van der Waals surface area contributed by atoms with E-state index in [0.29, 0.717) is 0 Å². The van der Waals surface area contributed by atoms with Crippen LogP contribution < -0.4 is 0 Å². The van der Waals surface area contributed by atoms with Gasteiger partial charge in [-0.25, -0.2) is 9.97 Å². The van der Waals surface area contributed by atoms with Crippen molar-refractivity contribution in [3.8, 4) is 0 Å². The van der Waals surface area contributed by atoms with Gasteiger partial charge >= 0.3 is 10.0 Å². The maximum absolute atomic E-state index is 10.7. The Hall–Kier alpha value is -2.34. The third-order valence-corrected chi connectivity index (χ3v) is 4.06. The summed E-state index contributed by atoms with van der Waals surface area (Å²) in [6.45, 7) is 2.98. The average Bonchev–Trinajstić information content (AvgIpc) is 2.90. The molecule has 2 heterocycles. The molecule has 0 aliphatic heterocycles. The maximum Gasteiger partial charge on any atom is 0.348 e. The molecule has 0 saturated carbocycles. The zero-order valence-electron chi connectivity index (χ0n) is 10.1. The van der Waals surface area contributed by atoms with Gasteiger partial charge in [0.15, 0.2) is 0 Å². The molecule has 0 unspecified atom stereocenters. The van der Waals surface area contributed by atoms with Gasteiger partial charge < -0.3 is 0 Å². The van der Waals surface area contributed by atoms with Gasteiger partial charge in [-0.2, -0.15) is 0 Å². The quantitative estimate of drug-likeness (QED) is 0.481. The summed E-state index contributed by atoms with van der Waals surface area (Å²) in [4.78, 5) is 27.9. The number of aryl methyl sites for hydroxylation is 2. The first-order valence-corrected chi connectivity index (χ1v) is 6.67. The zero-order chi connectivity index (χ0) is 14.9. The Morgan fingerprint density at radius 1 is 0.900 bits per heavy atom. The molecule has 0 atom stereocenters. The molecule has 0 aliphatic rings. The van der Waals surface area contributed by atoms with Gasteiger partial charge in [0.05, 0.1) is 9.85 Å². The zero-order valence-corrected chi connectivity index (χ0v) is 11.8. The van der Waals surface area contributed by atoms with Crippen LogP contribution in [-0.4, -0.2) is 19.8 Å². The number of rotatable bonds is 4. The standard InChI is InChI=1S/C8H6N6O4S2/c1-3-5(13(15)16)19-7(9-3)11-12-8-10-4(2)6(20-8)14(17)18/h1-2H3. The van der Waals surface area contributed by atoms with Crippen molar-refractivity contribution < 1.29 is 9.85 Å². The third kappa shape index (κ3) is 2.80. The lowest BCUT2D eigenvalue weighted by molar-refractivity contribution is -0.381. The highest BCUT2D eigenvalue weighted by Gasteiger charge is 2.19. The van der Waals surface area contributed by atoms with Crippen molar-refractivity contribution in [2.24, 2.45) is 10.2 Å². The van der Waals surface area contributed by atoms with E-state index in [2.05, 4.69) is 20.2 Å². The Morgan fingerprint density at radius 3 is 1.50 bits per heavy atom. The predicted octanol–water partition coefficient (Wildman–Crippen LogP) is 3.45. The highest BCUT2D eigenvalue weighted by Crippen LogP contribution is 2.35. The van der Waals surface area contributed by atoms with Crippen LogP contribution in [0.3, 0.4) is 0 Å². The summed E-state index contributed by atoms with van der Waals surface area (Å²) in [5, 5.41) is 28.7. The van der Waals surface area contributed by atoms with E-state index in [0.717, 1.165) is 22.7 Å². The normalized spacial score (nSPS) is 11.1. The molecule has 0 fully saturated rings. The molecule has 0 aromatic carbocycles. The summed E-state index contributed by atoms with van der Waals surface area (Å²) >= 11 is 1.55. The van der Waals surface area contributed by atoms with Crippen molar-refractivity contribution in [3.05, 3.63) is 31.6 Å². The largest absolute Gasteiger partial charge is 0.348 e. The van der Waals surface area contributed by atoms with E-state index < -0.39 is 9.85 Å². The molecule has 0 bridgehead atoms. The smallest absolute Gasteiger partial charge is 0.257 e. The Morgan fingerprint density at radius 2 is 1.25 bits per heavy atom. The second-order valence-electron chi connectivity index (χ2n) is 3.49. The molecular weight excluding hydrogens is 308 g/mol. The fourth-order valence-electron chi connectivity index (χ4n) is 1.26. The molecule has 0 N–H and O–H groups in total. The number of nitrogens with zero attached hydrogens (tertiary/aromatic N) is 6. The van der Waals surface area contributed by atoms with Crippen LogP contribution in [0.4, 0.5) is 20.3 Å². The minimum absolute atomic E-state index is 0.102. The van der Waals surface area contributed by atoms with Crippen LogP contribution in [0.1, 0.15) is 11.4 Å². The second-order valence-corrected chi connectivity index (χ2v) is 5.40. The van der Waals surface area contributed by atoms with Crippen molar-refractivity contribution in [2.75, 3.05) is 0 Å². The van der Waals surface area contributed by atoms with Gasteiger partial charge in [-0.1, -0.05) is 0 Å². The van der Waals surface area contributed by atoms with Crippen molar-refractivity contribution >= 4 is 42.9 Å². The lowest BCUT2D eigenvalue weighted by Crippen LogP contribution is -1.85. The van der Waals surface area contributed by atoms with Crippen molar-refractivity contribution in [3.63, 3.8) is 0 Å². The monoisotopic (exact) mass is 314 g/mol. The summed E-state index contributed by atoms with van der Waals surface area (Å²) in [5.74, 6) is 0. The highest BCUT2D eigenvalue weighted by molar-refractivity contribution is 7.19. The summed E-state index contributed by atoms with van der Waals surface area (Å²) in [6, 6.07) is 0. The van der Waals surface area contributed by atoms with Crippen LogP contribution in [-0.2, 0) is 0 Å². The van der Waals surface area contributed by atoms with Crippen molar-refractivity contribution in [2.45, 2.75) is 13.8 Å². The molecular formula is C8H6N6O4S2. The lowest BCUT2D eigenvalue weighted by Gasteiger charge is -1.81. The SMILES string of the molecule is Cc1nc(N=Nc2nc(C)c([N+](=O)[O-])s2)sc1[N+](=O)[O-]. The Kier molecular flexibility index (Phi) is 3.76. The summed E-state index contributed by atoms with van der Waals surface area (Å²) in [7, 11) is 0. The molecule has 0 radical (unpaired) electrons. The van der Waals surface area contributed by atoms with E-state index in [1.54, 1.807) is 0 Å². The Balaban J connectivity index is 2.25. The average molecular weight is 314 g/mol. The van der Waals surface area contributed by atoms with Gasteiger partial charge in [0, 0.05) is 0 Å². The highest BCUT2D eigenvalue weighted by atomic mass is 32.1. The molecule has 2 rings (SSSR count). The van der Waals surface area contributed by atoms with E-state index in [-0.39, 0.29) is 31.7 Å². The predicted molar refractivity (Wildman–Crippen MR) is 71.2 cm³/mol. The fraction of sp³-hybridized carbons (Fsp3) is 0.250. The van der Waals surface area contributed by atoms with Gasteiger partial charge in [-0.05, 0) is 36.5 Å². The minimum Gasteiger partial charge on any atom is -0.257 e. The third-order valence-electron chi connectivity index (χ3n) is 2.07. The van der Waals surface area contributed by atoms with Crippen molar-refractivity contribution in [1.82, 2.24) is 9.97 Å². The van der Waals surface area contributed by atoms with Gasteiger partial charge in [0.1, 0.15) is 11.4 Å². The topological polar surface area (TPSA) is 137 Å². The molecule has 2 aromatic rings. The summed E-state index contributed by atoms with van der Waals surface area (Å²) in [5.41, 5.74) is 0.491. The number of nitro groups is 2. The lowest BCUT2D eigenvalue weighted by atomic mass is 10.5. The molecule has 0 amide bonds. The van der Waals surface area contributed by atoms with E-state index in [1.165, 1.54) is 13.8 Å². The molecule has 0 saturated heterocycles. The van der Waals surface area contributed by atoms with Crippen LogP contribution in [0.25, 0.3) is 0 Å². The first-order valence-electron chi connectivity index (χ1n) is 5.04. The molecule has 104 valence electrons. The number of hydrogen-bond acceptors (Lipinski definition) is 10. The van der Waals surface area contributed by atoms with Gasteiger partial charge in [0.2, 0.25) is 10.3 Å². The van der Waals surface area contributed by atoms with Crippen LogP contribution in [0, 0.1) is 34.1 Å². The van der Waals surface area contributed by atoms with E-state index in [4.69, 9.17) is 0 Å². The number of azo groups is 1. The summed E-state index contributed by atoms with van der Waals surface area (Å²) < 4.78 is 0. The van der Waals surface area contributed by atoms with Crippen LogP contribution >= 0.6 is 22.7 Å². The van der Waals surface area contributed by atoms with E-state index >= 15 is 0 Å². The maximum atomic E-state index is 10.7. The molecule has 20 heavy (non-hydrogen) atoms. The molecule has 0 aliphatic carbocycles. The van der Waals surface area contributed by atoms with Crippen LogP contribution in [0.5, 0.6) is 0 Å². The van der Waals surface area contributed by atoms with Crippen LogP contribution in [0.2, 0.25) is 0 Å². The molecule has 10 nitrogen and oxygen atoms in total. The molecule has 12 heteroatoms.